The molecule has 0 bridgehead atoms. The van der Waals surface area contributed by atoms with Crippen LogP contribution in [0.15, 0.2) is 35.1 Å². The van der Waals surface area contributed by atoms with Gasteiger partial charge in [0, 0.05) is 17.7 Å². The molecule has 1 N–H and O–H groups in total. The van der Waals surface area contributed by atoms with Crippen molar-refractivity contribution < 1.29 is 19.1 Å². The fourth-order valence-electron chi connectivity index (χ4n) is 1.73. The quantitative estimate of drug-likeness (QED) is 0.883. The second-order valence-electron chi connectivity index (χ2n) is 4.03. The Hall–Kier alpha value is -2.70. The molecule has 7 nitrogen and oxygen atoms in total. The highest BCUT2D eigenvalue weighted by atomic mass is 16.4. The van der Waals surface area contributed by atoms with Crippen LogP contribution in [-0.2, 0) is 4.79 Å². The van der Waals surface area contributed by atoms with Crippen LogP contribution in [0, 0.1) is 0 Å². The van der Waals surface area contributed by atoms with Crippen LogP contribution in [0.2, 0.25) is 0 Å². The number of carbonyl (C=O) groups excluding carboxylic acids is 1. The third kappa shape index (κ3) is 3.00. The van der Waals surface area contributed by atoms with Crippen molar-refractivity contribution in [2.24, 2.45) is 0 Å². The van der Waals surface area contributed by atoms with Crippen LogP contribution in [-0.4, -0.2) is 45.2 Å². The summed E-state index contributed by atoms with van der Waals surface area (Å²) in [6, 6.07) is 6.56. The number of hydrogen-bond acceptors (Lipinski definition) is 5. The van der Waals surface area contributed by atoms with Crippen LogP contribution in [0.5, 0.6) is 0 Å². The maximum absolute atomic E-state index is 12.1. The number of hydrogen-bond donors (Lipinski definition) is 1. The van der Waals surface area contributed by atoms with Crippen molar-refractivity contribution in [3.63, 3.8) is 0 Å². The van der Waals surface area contributed by atoms with Crippen molar-refractivity contribution >= 4 is 11.9 Å². The number of carbonyl (C=O) groups is 2. The van der Waals surface area contributed by atoms with Gasteiger partial charge < -0.3 is 14.4 Å². The van der Waals surface area contributed by atoms with Crippen molar-refractivity contribution in [3.05, 3.63) is 36.2 Å². The molecule has 2 aromatic rings. The Bertz CT molecular complexity index is 593. The largest absolute Gasteiger partial charge is 0.480 e. The SMILES string of the molecule is CCN(CC(=O)O)C(=O)c1ccc(-c2nnco2)cc1. The molecule has 0 saturated carbocycles. The summed E-state index contributed by atoms with van der Waals surface area (Å²) in [5.74, 6) is -1.00. The molecule has 0 saturated heterocycles. The van der Waals surface area contributed by atoms with Gasteiger partial charge in [0.1, 0.15) is 6.54 Å². The van der Waals surface area contributed by atoms with Crippen LogP contribution in [0.4, 0.5) is 0 Å². The van der Waals surface area contributed by atoms with Crippen molar-refractivity contribution in [1.29, 1.82) is 0 Å². The summed E-state index contributed by atoms with van der Waals surface area (Å²) < 4.78 is 5.05. The van der Waals surface area contributed by atoms with E-state index in [0.29, 0.717) is 23.6 Å². The molecule has 0 atom stereocenters. The highest BCUT2D eigenvalue weighted by Crippen LogP contribution is 2.17. The minimum Gasteiger partial charge on any atom is -0.480 e. The number of aromatic nitrogens is 2. The Morgan fingerprint density at radius 1 is 1.30 bits per heavy atom. The van der Waals surface area contributed by atoms with Gasteiger partial charge in [-0.05, 0) is 31.2 Å². The van der Waals surface area contributed by atoms with E-state index in [1.807, 2.05) is 0 Å². The van der Waals surface area contributed by atoms with Gasteiger partial charge in [-0.25, -0.2) is 0 Å². The van der Waals surface area contributed by atoms with Crippen molar-refractivity contribution in [2.75, 3.05) is 13.1 Å². The lowest BCUT2D eigenvalue weighted by Crippen LogP contribution is -2.35. The summed E-state index contributed by atoms with van der Waals surface area (Å²) in [5, 5.41) is 16.1. The smallest absolute Gasteiger partial charge is 0.323 e. The van der Waals surface area contributed by atoms with E-state index in [1.165, 1.54) is 11.3 Å². The van der Waals surface area contributed by atoms with E-state index in [1.54, 1.807) is 31.2 Å². The van der Waals surface area contributed by atoms with Crippen LogP contribution in [0.25, 0.3) is 11.5 Å². The zero-order chi connectivity index (χ0) is 14.5. The number of benzene rings is 1. The Balaban J connectivity index is 2.16. The Labute approximate surface area is 114 Å². The molecule has 1 amide bonds. The molecule has 0 radical (unpaired) electrons. The van der Waals surface area contributed by atoms with Gasteiger partial charge in [0.2, 0.25) is 12.3 Å². The lowest BCUT2D eigenvalue weighted by Gasteiger charge is -2.18. The second-order valence-corrected chi connectivity index (χ2v) is 4.03. The number of carboxylic acid groups (broad SMARTS) is 1. The molecule has 0 aliphatic rings. The molecule has 0 unspecified atom stereocenters. The monoisotopic (exact) mass is 275 g/mol. The molecule has 1 aromatic carbocycles. The Morgan fingerprint density at radius 3 is 2.50 bits per heavy atom. The Kier molecular flexibility index (Phi) is 4.09. The molecule has 2 rings (SSSR count). The first kappa shape index (κ1) is 13.7. The first-order chi connectivity index (χ1) is 9.61. The number of carboxylic acids is 1. The zero-order valence-electron chi connectivity index (χ0n) is 10.8. The molecule has 1 heterocycles. The summed E-state index contributed by atoms with van der Waals surface area (Å²) >= 11 is 0. The number of rotatable bonds is 5. The maximum Gasteiger partial charge on any atom is 0.323 e. The lowest BCUT2D eigenvalue weighted by molar-refractivity contribution is -0.137. The predicted molar refractivity (Wildman–Crippen MR) is 68.9 cm³/mol. The summed E-state index contributed by atoms with van der Waals surface area (Å²) in [6.07, 6.45) is 1.22. The first-order valence-electron chi connectivity index (χ1n) is 5.99. The third-order valence-corrected chi connectivity index (χ3v) is 2.73. The van der Waals surface area contributed by atoms with Crippen LogP contribution >= 0.6 is 0 Å². The molecule has 104 valence electrons. The van der Waals surface area contributed by atoms with E-state index in [0.717, 1.165) is 0 Å². The fraction of sp³-hybridized carbons (Fsp3) is 0.231. The standard InChI is InChI=1S/C13H13N3O4/c1-2-16(7-11(17)18)13(19)10-5-3-9(4-6-10)12-15-14-8-20-12/h3-6,8H,2,7H2,1H3,(H,17,18). The summed E-state index contributed by atoms with van der Waals surface area (Å²) in [4.78, 5) is 24.1. The number of aliphatic carboxylic acids is 1. The summed E-state index contributed by atoms with van der Waals surface area (Å²) in [6.45, 7) is 1.74. The molecule has 0 aliphatic heterocycles. The third-order valence-electron chi connectivity index (χ3n) is 2.73. The second kappa shape index (κ2) is 5.96. The normalized spacial score (nSPS) is 10.2. The van der Waals surface area contributed by atoms with E-state index in [9.17, 15) is 9.59 Å². The van der Waals surface area contributed by atoms with Crippen molar-refractivity contribution in [1.82, 2.24) is 15.1 Å². The topological polar surface area (TPSA) is 96.5 Å². The van der Waals surface area contributed by atoms with Gasteiger partial charge in [0.15, 0.2) is 0 Å². The molecular weight excluding hydrogens is 262 g/mol. The average molecular weight is 275 g/mol. The van der Waals surface area contributed by atoms with Gasteiger partial charge in [-0.2, -0.15) is 0 Å². The van der Waals surface area contributed by atoms with Crippen molar-refractivity contribution in [2.45, 2.75) is 6.92 Å². The molecule has 7 heteroatoms. The summed E-state index contributed by atoms with van der Waals surface area (Å²) in [5.41, 5.74) is 1.11. The van der Waals surface area contributed by atoms with Gasteiger partial charge >= 0.3 is 5.97 Å². The number of amides is 1. The van der Waals surface area contributed by atoms with Crippen LogP contribution in [0.3, 0.4) is 0 Å². The van der Waals surface area contributed by atoms with Gasteiger partial charge in [-0.1, -0.05) is 0 Å². The van der Waals surface area contributed by atoms with E-state index in [-0.39, 0.29) is 12.5 Å². The molecule has 20 heavy (non-hydrogen) atoms. The van der Waals surface area contributed by atoms with Gasteiger partial charge in [0.25, 0.3) is 5.91 Å². The number of nitrogens with zero attached hydrogens (tertiary/aromatic N) is 3. The summed E-state index contributed by atoms with van der Waals surface area (Å²) in [7, 11) is 0. The van der Waals surface area contributed by atoms with Gasteiger partial charge in [0.05, 0.1) is 0 Å². The fourth-order valence-corrected chi connectivity index (χ4v) is 1.73. The van der Waals surface area contributed by atoms with Crippen molar-refractivity contribution in [3.8, 4) is 11.5 Å². The maximum atomic E-state index is 12.1. The van der Waals surface area contributed by atoms with E-state index < -0.39 is 5.97 Å². The Morgan fingerprint density at radius 2 is 2.00 bits per heavy atom. The molecule has 0 fully saturated rings. The number of likely N-dealkylation sites (N-methyl/N-ethyl adjacent to an activating group) is 1. The van der Waals surface area contributed by atoms with Gasteiger partial charge in [-0.15, -0.1) is 10.2 Å². The molecule has 0 spiro atoms. The van der Waals surface area contributed by atoms with Crippen LogP contribution < -0.4 is 0 Å². The minimum atomic E-state index is -1.04. The highest BCUT2D eigenvalue weighted by Gasteiger charge is 2.17. The highest BCUT2D eigenvalue weighted by molar-refractivity contribution is 5.96. The molecule has 0 aliphatic carbocycles. The first-order valence-corrected chi connectivity index (χ1v) is 5.99. The molecular formula is C13H13N3O4. The van der Waals surface area contributed by atoms with Crippen LogP contribution in [0.1, 0.15) is 17.3 Å². The zero-order valence-corrected chi connectivity index (χ0v) is 10.8. The average Bonchev–Trinajstić information content (AvgIpc) is 2.98. The van der Waals surface area contributed by atoms with E-state index in [2.05, 4.69) is 10.2 Å². The molecule has 1 aromatic heterocycles. The predicted octanol–water partition coefficient (Wildman–Crippen LogP) is 1.28. The van der Waals surface area contributed by atoms with E-state index in [4.69, 9.17) is 9.52 Å². The van der Waals surface area contributed by atoms with E-state index >= 15 is 0 Å². The minimum absolute atomic E-state index is 0.319. The lowest BCUT2D eigenvalue weighted by atomic mass is 10.1. The van der Waals surface area contributed by atoms with Gasteiger partial charge in [-0.3, -0.25) is 9.59 Å².